The minimum atomic E-state index is 0.395. The molecule has 4 nitrogen and oxygen atoms in total. The van der Waals surface area contributed by atoms with Gasteiger partial charge in [-0.05, 0) is 27.0 Å². The van der Waals surface area contributed by atoms with Crippen molar-refractivity contribution in [2.75, 3.05) is 25.5 Å². The monoisotopic (exact) mass is 252 g/mol. The van der Waals surface area contributed by atoms with Crippen LogP contribution >= 0.6 is 12.2 Å². The largest absolute Gasteiger partial charge is 0.389 e. The van der Waals surface area contributed by atoms with Crippen LogP contribution in [0.25, 0.3) is 0 Å². The van der Waals surface area contributed by atoms with Gasteiger partial charge >= 0.3 is 0 Å². The van der Waals surface area contributed by atoms with Crippen molar-refractivity contribution in [2.45, 2.75) is 19.9 Å². The van der Waals surface area contributed by atoms with Crippen LogP contribution in [0.3, 0.4) is 0 Å². The van der Waals surface area contributed by atoms with Crippen LogP contribution in [0.1, 0.15) is 19.4 Å². The average molecular weight is 252 g/mol. The van der Waals surface area contributed by atoms with Crippen molar-refractivity contribution < 1.29 is 0 Å². The van der Waals surface area contributed by atoms with Gasteiger partial charge in [-0.2, -0.15) is 0 Å². The van der Waals surface area contributed by atoms with Crippen LogP contribution in [0.5, 0.6) is 0 Å². The fourth-order valence-electron chi connectivity index (χ4n) is 1.38. The topological polar surface area (TPSA) is 54.2 Å². The summed E-state index contributed by atoms with van der Waals surface area (Å²) in [7, 11) is 2.10. The maximum atomic E-state index is 5.65. The summed E-state index contributed by atoms with van der Waals surface area (Å²) in [6.07, 6.45) is 3.45. The summed E-state index contributed by atoms with van der Waals surface area (Å²) in [4.78, 5) is 6.73. The van der Waals surface area contributed by atoms with Crippen LogP contribution in [-0.2, 0) is 0 Å². The van der Waals surface area contributed by atoms with E-state index >= 15 is 0 Å². The number of nitrogens with one attached hydrogen (secondary N) is 1. The van der Waals surface area contributed by atoms with E-state index in [2.05, 4.69) is 36.1 Å². The Bertz CT molecular complexity index is 379. The third kappa shape index (κ3) is 4.28. The minimum absolute atomic E-state index is 0.395. The van der Waals surface area contributed by atoms with E-state index in [4.69, 9.17) is 18.0 Å². The molecule has 94 valence electrons. The van der Waals surface area contributed by atoms with Crippen molar-refractivity contribution in [1.29, 1.82) is 0 Å². The molecule has 3 N–H and O–H groups in total. The molecule has 1 aromatic rings. The van der Waals surface area contributed by atoms with Gasteiger partial charge in [0.25, 0.3) is 0 Å². The number of pyridine rings is 1. The Hall–Kier alpha value is -1.20. The molecule has 0 atom stereocenters. The predicted octanol–water partition coefficient (Wildman–Crippen LogP) is 1.47. The van der Waals surface area contributed by atoms with E-state index in [1.54, 1.807) is 12.4 Å². The number of hydrogen-bond donors (Lipinski definition) is 2. The Morgan fingerprint density at radius 3 is 2.88 bits per heavy atom. The zero-order chi connectivity index (χ0) is 12.8. The van der Waals surface area contributed by atoms with Gasteiger partial charge in [0, 0.05) is 30.9 Å². The van der Waals surface area contributed by atoms with Crippen LogP contribution in [0, 0.1) is 0 Å². The first kappa shape index (κ1) is 13.9. The van der Waals surface area contributed by atoms with Gasteiger partial charge in [-0.1, -0.05) is 12.2 Å². The Morgan fingerprint density at radius 2 is 2.29 bits per heavy atom. The van der Waals surface area contributed by atoms with E-state index in [0.717, 1.165) is 24.3 Å². The molecule has 1 aromatic heterocycles. The molecule has 0 bridgehead atoms. The Morgan fingerprint density at radius 1 is 1.59 bits per heavy atom. The second-order valence-electron chi connectivity index (χ2n) is 4.29. The predicted molar refractivity (Wildman–Crippen MR) is 76.4 cm³/mol. The third-order valence-electron chi connectivity index (χ3n) is 2.75. The van der Waals surface area contributed by atoms with Crippen molar-refractivity contribution in [3.8, 4) is 0 Å². The summed E-state index contributed by atoms with van der Waals surface area (Å²) >= 11 is 4.99. The van der Waals surface area contributed by atoms with Crippen molar-refractivity contribution in [1.82, 2.24) is 9.88 Å². The highest BCUT2D eigenvalue weighted by Gasteiger charge is 2.06. The van der Waals surface area contributed by atoms with Crippen LogP contribution in [0.4, 0.5) is 5.69 Å². The fourth-order valence-corrected chi connectivity index (χ4v) is 1.55. The number of rotatable bonds is 6. The molecular weight excluding hydrogens is 232 g/mol. The van der Waals surface area contributed by atoms with Crippen molar-refractivity contribution >= 4 is 22.9 Å². The lowest BCUT2D eigenvalue weighted by molar-refractivity contribution is 0.284. The molecule has 0 amide bonds. The maximum absolute atomic E-state index is 5.65. The summed E-state index contributed by atoms with van der Waals surface area (Å²) < 4.78 is 0. The summed E-state index contributed by atoms with van der Waals surface area (Å²) in [5, 5.41) is 3.31. The van der Waals surface area contributed by atoms with Crippen molar-refractivity contribution in [3.63, 3.8) is 0 Å². The first-order valence-electron chi connectivity index (χ1n) is 5.70. The number of likely N-dealkylation sites (N-methyl/N-ethyl adjacent to an activating group) is 1. The van der Waals surface area contributed by atoms with Crippen LogP contribution in [0.2, 0.25) is 0 Å². The first-order chi connectivity index (χ1) is 8.02. The number of nitrogens with zero attached hydrogens (tertiary/aromatic N) is 2. The van der Waals surface area contributed by atoms with Gasteiger partial charge in [0.15, 0.2) is 0 Å². The first-order valence-corrected chi connectivity index (χ1v) is 6.11. The lowest BCUT2D eigenvalue weighted by Gasteiger charge is -2.21. The third-order valence-corrected chi connectivity index (χ3v) is 2.97. The lowest BCUT2D eigenvalue weighted by Crippen LogP contribution is -2.31. The number of thiocarbonyl (C=S) groups is 1. The number of nitrogens with two attached hydrogens (primary N) is 1. The SMILES string of the molecule is CC(C)N(C)CCNc1cnccc1C(N)=S. The van der Waals surface area contributed by atoms with Gasteiger partial charge < -0.3 is 16.0 Å². The molecule has 0 unspecified atom stereocenters. The molecule has 0 aliphatic rings. The highest BCUT2D eigenvalue weighted by Crippen LogP contribution is 2.12. The van der Waals surface area contributed by atoms with E-state index in [0.29, 0.717) is 11.0 Å². The molecule has 0 radical (unpaired) electrons. The minimum Gasteiger partial charge on any atom is -0.389 e. The Balaban J connectivity index is 2.55. The molecule has 0 aliphatic heterocycles. The van der Waals surface area contributed by atoms with Gasteiger partial charge in [0.05, 0.1) is 11.9 Å². The van der Waals surface area contributed by atoms with Crippen molar-refractivity contribution in [3.05, 3.63) is 24.0 Å². The molecule has 0 fully saturated rings. The quantitative estimate of drug-likeness (QED) is 0.751. The maximum Gasteiger partial charge on any atom is 0.106 e. The van der Waals surface area contributed by atoms with Gasteiger partial charge in [-0.15, -0.1) is 0 Å². The summed E-state index contributed by atoms with van der Waals surface area (Å²) in [5.41, 5.74) is 7.40. The highest BCUT2D eigenvalue weighted by atomic mass is 32.1. The van der Waals surface area contributed by atoms with E-state index in [1.807, 2.05) is 6.07 Å². The van der Waals surface area contributed by atoms with Crippen molar-refractivity contribution in [2.24, 2.45) is 5.73 Å². The standard InChI is InChI=1S/C12H20N4S/c1-9(2)16(3)7-6-15-11-8-14-5-4-10(11)12(13)17/h4-5,8-9,15H,6-7H2,1-3H3,(H2,13,17). The molecule has 5 heteroatoms. The van der Waals surface area contributed by atoms with E-state index < -0.39 is 0 Å². The van der Waals surface area contributed by atoms with E-state index in [-0.39, 0.29) is 0 Å². The summed E-state index contributed by atoms with van der Waals surface area (Å²) in [6.45, 7) is 6.15. The van der Waals surface area contributed by atoms with Gasteiger partial charge in [0.1, 0.15) is 4.99 Å². The van der Waals surface area contributed by atoms with Crippen LogP contribution in [-0.4, -0.2) is 41.1 Å². The Labute approximate surface area is 108 Å². The lowest BCUT2D eigenvalue weighted by atomic mass is 10.2. The molecular formula is C12H20N4S. The molecule has 1 rings (SSSR count). The fraction of sp³-hybridized carbons (Fsp3) is 0.500. The number of hydrogen-bond acceptors (Lipinski definition) is 4. The summed E-state index contributed by atoms with van der Waals surface area (Å²) in [6, 6.07) is 2.37. The van der Waals surface area contributed by atoms with Gasteiger partial charge in [-0.3, -0.25) is 4.98 Å². The van der Waals surface area contributed by atoms with Gasteiger partial charge in [0.2, 0.25) is 0 Å². The summed E-state index contributed by atoms with van der Waals surface area (Å²) in [5.74, 6) is 0. The average Bonchev–Trinajstić information content (AvgIpc) is 2.29. The molecule has 0 aromatic carbocycles. The van der Waals surface area contributed by atoms with Crippen LogP contribution in [0.15, 0.2) is 18.5 Å². The second kappa shape index (κ2) is 6.51. The zero-order valence-corrected chi connectivity index (χ0v) is 11.4. The van der Waals surface area contributed by atoms with Crippen LogP contribution < -0.4 is 11.1 Å². The normalized spacial score (nSPS) is 10.9. The number of anilines is 1. The smallest absolute Gasteiger partial charge is 0.106 e. The Kier molecular flexibility index (Phi) is 5.31. The highest BCUT2D eigenvalue weighted by molar-refractivity contribution is 7.80. The molecule has 17 heavy (non-hydrogen) atoms. The molecule has 0 saturated carbocycles. The molecule has 0 spiro atoms. The molecule has 0 saturated heterocycles. The second-order valence-corrected chi connectivity index (χ2v) is 4.73. The van der Waals surface area contributed by atoms with E-state index in [9.17, 15) is 0 Å². The van der Waals surface area contributed by atoms with E-state index in [1.165, 1.54) is 0 Å². The molecule has 0 aliphatic carbocycles. The zero-order valence-electron chi connectivity index (χ0n) is 10.6. The number of aromatic nitrogens is 1. The van der Waals surface area contributed by atoms with Gasteiger partial charge in [-0.25, -0.2) is 0 Å². The molecule has 1 heterocycles.